The minimum atomic E-state index is 0.126. The van der Waals surface area contributed by atoms with Crippen molar-refractivity contribution in [2.75, 3.05) is 19.6 Å². The molecule has 0 aromatic carbocycles. The fraction of sp³-hybridized carbons (Fsp3) is 0.909. The van der Waals surface area contributed by atoms with Crippen molar-refractivity contribution in [3.63, 3.8) is 0 Å². The lowest BCUT2D eigenvalue weighted by Gasteiger charge is -2.36. The van der Waals surface area contributed by atoms with Gasteiger partial charge in [-0.15, -0.1) is 0 Å². The zero-order valence-corrected chi connectivity index (χ0v) is 9.71. The van der Waals surface area contributed by atoms with E-state index < -0.39 is 0 Å². The van der Waals surface area contributed by atoms with Gasteiger partial charge >= 0.3 is 0 Å². The standard InChI is InChI=1S/C11H22N2O/c1-8(2)10-7-13(6-5-12-10)11(14)9(3)4/h8-10,12H,5-7H2,1-4H3/t10-/m1/s1. The molecule has 1 aliphatic rings. The topological polar surface area (TPSA) is 32.3 Å². The highest BCUT2D eigenvalue weighted by atomic mass is 16.2. The second kappa shape index (κ2) is 4.78. The van der Waals surface area contributed by atoms with E-state index in [1.807, 2.05) is 18.7 Å². The number of amides is 1. The van der Waals surface area contributed by atoms with Gasteiger partial charge in [0.05, 0.1) is 0 Å². The monoisotopic (exact) mass is 198 g/mol. The van der Waals surface area contributed by atoms with E-state index in [0.717, 1.165) is 19.6 Å². The van der Waals surface area contributed by atoms with Crippen LogP contribution in [-0.2, 0) is 4.79 Å². The summed E-state index contributed by atoms with van der Waals surface area (Å²) in [5.74, 6) is 1.01. The van der Waals surface area contributed by atoms with Crippen molar-refractivity contribution in [1.29, 1.82) is 0 Å². The lowest BCUT2D eigenvalue weighted by molar-refractivity contribution is -0.135. The van der Waals surface area contributed by atoms with Crippen molar-refractivity contribution in [3.05, 3.63) is 0 Å². The quantitative estimate of drug-likeness (QED) is 0.720. The second-order valence-corrected chi connectivity index (χ2v) is 4.74. The van der Waals surface area contributed by atoms with Crippen LogP contribution in [-0.4, -0.2) is 36.5 Å². The molecular weight excluding hydrogens is 176 g/mol. The average Bonchev–Trinajstić information content (AvgIpc) is 2.16. The molecule has 1 aliphatic heterocycles. The van der Waals surface area contributed by atoms with E-state index in [1.165, 1.54) is 0 Å². The molecular formula is C11H22N2O. The number of carbonyl (C=O) groups excluding carboxylic acids is 1. The second-order valence-electron chi connectivity index (χ2n) is 4.74. The molecule has 0 aliphatic carbocycles. The van der Waals surface area contributed by atoms with Crippen LogP contribution in [0.15, 0.2) is 0 Å². The normalized spacial score (nSPS) is 23.3. The van der Waals surface area contributed by atoms with Crippen molar-refractivity contribution in [3.8, 4) is 0 Å². The van der Waals surface area contributed by atoms with Crippen molar-refractivity contribution in [2.24, 2.45) is 11.8 Å². The van der Waals surface area contributed by atoms with Gasteiger partial charge in [-0.25, -0.2) is 0 Å². The van der Waals surface area contributed by atoms with Crippen LogP contribution in [0.2, 0.25) is 0 Å². The van der Waals surface area contributed by atoms with Crippen LogP contribution in [0.1, 0.15) is 27.7 Å². The number of hydrogen-bond acceptors (Lipinski definition) is 2. The Bertz CT molecular complexity index is 201. The minimum Gasteiger partial charge on any atom is -0.340 e. The van der Waals surface area contributed by atoms with Gasteiger partial charge in [-0.3, -0.25) is 4.79 Å². The molecule has 3 heteroatoms. The third kappa shape index (κ3) is 2.71. The van der Waals surface area contributed by atoms with Crippen LogP contribution in [0.5, 0.6) is 0 Å². The Kier molecular flexibility index (Phi) is 3.93. The van der Waals surface area contributed by atoms with Gasteiger partial charge in [0.25, 0.3) is 0 Å². The van der Waals surface area contributed by atoms with Crippen LogP contribution in [0.4, 0.5) is 0 Å². The van der Waals surface area contributed by atoms with Gasteiger partial charge in [-0.1, -0.05) is 27.7 Å². The molecule has 14 heavy (non-hydrogen) atoms. The van der Waals surface area contributed by atoms with E-state index in [4.69, 9.17) is 0 Å². The first-order valence-corrected chi connectivity index (χ1v) is 5.54. The highest BCUT2D eigenvalue weighted by Crippen LogP contribution is 2.10. The van der Waals surface area contributed by atoms with Crippen molar-refractivity contribution in [1.82, 2.24) is 10.2 Å². The van der Waals surface area contributed by atoms with Gasteiger partial charge in [0, 0.05) is 31.6 Å². The summed E-state index contributed by atoms with van der Waals surface area (Å²) in [7, 11) is 0. The predicted octanol–water partition coefficient (Wildman–Crippen LogP) is 1.10. The first-order chi connectivity index (χ1) is 6.52. The van der Waals surface area contributed by atoms with Crippen LogP contribution in [0.25, 0.3) is 0 Å². The van der Waals surface area contributed by atoms with Crippen molar-refractivity contribution >= 4 is 5.91 Å². The minimum absolute atomic E-state index is 0.126. The van der Waals surface area contributed by atoms with E-state index in [2.05, 4.69) is 19.2 Å². The highest BCUT2D eigenvalue weighted by molar-refractivity contribution is 5.78. The number of nitrogens with one attached hydrogen (secondary N) is 1. The Morgan fingerprint density at radius 2 is 2.00 bits per heavy atom. The van der Waals surface area contributed by atoms with E-state index in [0.29, 0.717) is 12.0 Å². The molecule has 0 saturated carbocycles. The largest absolute Gasteiger partial charge is 0.340 e. The number of piperazine rings is 1. The zero-order chi connectivity index (χ0) is 10.7. The number of rotatable bonds is 2. The number of nitrogens with zero attached hydrogens (tertiary/aromatic N) is 1. The predicted molar refractivity (Wildman–Crippen MR) is 58.0 cm³/mol. The maximum atomic E-state index is 11.8. The number of carbonyl (C=O) groups is 1. The Morgan fingerprint density at radius 1 is 1.36 bits per heavy atom. The van der Waals surface area contributed by atoms with Gasteiger partial charge in [-0.2, -0.15) is 0 Å². The summed E-state index contributed by atoms with van der Waals surface area (Å²) >= 11 is 0. The van der Waals surface area contributed by atoms with Crippen molar-refractivity contribution in [2.45, 2.75) is 33.7 Å². The molecule has 1 atom stereocenters. The van der Waals surface area contributed by atoms with Crippen LogP contribution < -0.4 is 5.32 Å². The maximum absolute atomic E-state index is 11.8. The van der Waals surface area contributed by atoms with Gasteiger partial charge < -0.3 is 10.2 Å². The Balaban J connectivity index is 2.51. The third-order valence-electron chi connectivity index (χ3n) is 2.82. The molecule has 1 N–H and O–H groups in total. The molecule has 1 saturated heterocycles. The molecule has 3 nitrogen and oxygen atoms in total. The highest BCUT2D eigenvalue weighted by Gasteiger charge is 2.25. The van der Waals surface area contributed by atoms with E-state index >= 15 is 0 Å². The summed E-state index contributed by atoms with van der Waals surface area (Å²) in [5, 5.41) is 3.45. The van der Waals surface area contributed by atoms with Gasteiger partial charge in [0.1, 0.15) is 0 Å². The molecule has 0 aromatic rings. The summed E-state index contributed by atoms with van der Waals surface area (Å²) in [5.41, 5.74) is 0. The smallest absolute Gasteiger partial charge is 0.225 e. The lowest BCUT2D eigenvalue weighted by Crippen LogP contribution is -2.55. The van der Waals surface area contributed by atoms with Gasteiger partial charge in [0.15, 0.2) is 0 Å². The fourth-order valence-corrected chi connectivity index (χ4v) is 1.79. The summed E-state index contributed by atoms with van der Waals surface area (Å²) in [4.78, 5) is 13.8. The molecule has 0 radical (unpaired) electrons. The van der Waals surface area contributed by atoms with E-state index in [1.54, 1.807) is 0 Å². The molecule has 0 unspecified atom stereocenters. The fourth-order valence-electron chi connectivity index (χ4n) is 1.79. The van der Waals surface area contributed by atoms with Gasteiger partial charge in [0.2, 0.25) is 5.91 Å². The molecule has 1 amide bonds. The summed E-state index contributed by atoms with van der Waals surface area (Å²) < 4.78 is 0. The zero-order valence-electron chi connectivity index (χ0n) is 9.71. The summed E-state index contributed by atoms with van der Waals surface area (Å²) in [6.45, 7) is 11.0. The SMILES string of the molecule is CC(C)C(=O)N1CCN[C@@H](C(C)C)C1. The molecule has 0 spiro atoms. The van der Waals surface area contributed by atoms with E-state index in [-0.39, 0.29) is 11.8 Å². The molecule has 1 fully saturated rings. The molecule has 0 aromatic heterocycles. The Labute approximate surface area is 86.9 Å². The van der Waals surface area contributed by atoms with Crippen LogP contribution in [0.3, 0.4) is 0 Å². The molecule has 82 valence electrons. The van der Waals surface area contributed by atoms with Gasteiger partial charge in [-0.05, 0) is 5.92 Å². The Morgan fingerprint density at radius 3 is 2.50 bits per heavy atom. The first-order valence-electron chi connectivity index (χ1n) is 5.54. The number of hydrogen-bond donors (Lipinski definition) is 1. The van der Waals surface area contributed by atoms with Crippen LogP contribution in [0, 0.1) is 11.8 Å². The maximum Gasteiger partial charge on any atom is 0.225 e. The molecule has 1 rings (SSSR count). The third-order valence-corrected chi connectivity index (χ3v) is 2.82. The summed E-state index contributed by atoms with van der Waals surface area (Å²) in [6, 6.07) is 0.464. The molecule has 1 heterocycles. The lowest BCUT2D eigenvalue weighted by atomic mass is 10.0. The summed E-state index contributed by atoms with van der Waals surface area (Å²) in [6.07, 6.45) is 0. The first kappa shape index (κ1) is 11.5. The Hall–Kier alpha value is -0.570. The van der Waals surface area contributed by atoms with E-state index in [9.17, 15) is 4.79 Å². The average molecular weight is 198 g/mol. The van der Waals surface area contributed by atoms with Crippen LogP contribution >= 0.6 is 0 Å². The molecule has 0 bridgehead atoms. The van der Waals surface area contributed by atoms with Crippen molar-refractivity contribution < 1.29 is 4.79 Å².